The Morgan fingerprint density at radius 2 is 1.93 bits per heavy atom. The van der Waals surface area contributed by atoms with Gasteiger partial charge in [-0.1, -0.05) is 27.2 Å². The summed E-state index contributed by atoms with van der Waals surface area (Å²) in [4.78, 5) is 15.5. The van der Waals surface area contributed by atoms with Crippen LogP contribution in [0.15, 0.2) is 10.5 Å². The fraction of sp³-hybridized carbons (Fsp3) is 0.800. The van der Waals surface area contributed by atoms with E-state index in [1.54, 1.807) is 0 Å². The van der Waals surface area contributed by atoms with Crippen molar-refractivity contribution in [2.24, 2.45) is 28.6 Å². The lowest BCUT2D eigenvalue weighted by Gasteiger charge is -2.62. The Bertz CT molecular complexity index is 868. The second-order valence-corrected chi connectivity index (χ2v) is 11.7. The molecule has 7 atom stereocenters. The number of rotatable bonds is 2. The van der Waals surface area contributed by atoms with Gasteiger partial charge in [0, 0.05) is 17.9 Å². The number of hydrogen-bond donors (Lipinski definition) is 1. The number of carbonyl (C=O) groups excluding carboxylic acids is 1. The van der Waals surface area contributed by atoms with Crippen molar-refractivity contribution in [3.63, 3.8) is 0 Å². The summed E-state index contributed by atoms with van der Waals surface area (Å²) in [7, 11) is 0. The van der Waals surface area contributed by atoms with E-state index in [2.05, 4.69) is 31.7 Å². The van der Waals surface area contributed by atoms with Crippen LogP contribution in [0.25, 0.3) is 0 Å². The molecule has 2 saturated carbocycles. The van der Waals surface area contributed by atoms with Crippen LogP contribution >= 0.6 is 0 Å². The van der Waals surface area contributed by atoms with E-state index in [1.165, 1.54) is 19.3 Å². The molecule has 164 valence electrons. The lowest BCUT2D eigenvalue weighted by Crippen LogP contribution is -2.63. The van der Waals surface area contributed by atoms with Gasteiger partial charge < -0.3 is 14.3 Å². The minimum atomic E-state index is -0.571. The Morgan fingerprint density at radius 1 is 1.17 bits per heavy atom. The highest BCUT2D eigenvalue weighted by Crippen LogP contribution is 2.67. The fourth-order valence-electron chi connectivity index (χ4n) is 8.48. The van der Waals surface area contributed by atoms with Crippen molar-refractivity contribution < 1.29 is 19.1 Å². The summed E-state index contributed by atoms with van der Waals surface area (Å²) < 4.78 is 12.3. The van der Waals surface area contributed by atoms with Gasteiger partial charge in [-0.05, 0) is 67.5 Å². The standard InChI is InChI=1S/C25H35NO4/c1-24(2)7-6-8-25(3)16-12-17-15(11-14(29-17)13-26-9-4-5-10-26)18-19(16)21(30-23(18)28)20(27)22(24)25/h11,16,18-22,27H,4-10,12-13H2,1-3H3/t16-,18+,19+,20-,21+,22-,25+/m0/s1. The molecule has 5 aliphatic rings. The van der Waals surface area contributed by atoms with Crippen molar-refractivity contribution >= 4 is 5.97 Å². The van der Waals surface area contributed by atoms with E-state index < -0.39 is 6.10 Å². The van der Waals surface area contributed by atoms with E-state index in [4.69, 9.17) is 9.15 Å². The summed E-state index contributed by atoms with van der Waals surface area (Å²) in [6, 6.07) is 2.13. The van der Waals surface area contributed by atoms with Crippen molar-refractivity contribution in [2.45, 2.75) is 84.0 Å². The summed E-state index contributed by atoms with van der Waals surface area (Å²) in [5.74, 6) is 2.13. The number of ether oxygens (including phenoxy) is 1. The molecular weight excluding hydrogens is 378 g/mol. The zero-order chi connectivity index (χ0) is 20.8. The molecule has 1 aromatic heterocycles. The van der Waals surface area contributed by atoms with Gasteiger partial charge in [-0.15, -0.1) is 0 Å². The molecule has 0 bridgehead atoms. The number of aliphatic hydroxyl groups excluding tert-OH is 1. The topological polar surface area (TPSA) is 62.9 Å². The van der Waals surface area contributed by atoms with Gasteiger partial charge in [-0.3, -0.25) is 9.69 Å². The van der Waals surface area contributed by atoms with Gasteiger partial charge in [-0.25, -0.2) is 0 Å². The highest BCUT2D eigenvalue weighted by molar-refractivity contribution is 5.82. The van der Waals surface area contributed by atoms with Crippen molar-refractivity contribution in [3.8, 4) is 0 Å². The average molecular weight is 414 g/mol. The van der Waals surface area contributed by atoms with Gasteiger partial charge in [0.1, 0.15) is 17.6 Å². The second kappa shape index (κ2) is 6.35. The predicted octanol–water partition coefficient (Wildman–Crippen LogP) is 3.88. The number of nitrogens with zero attached hydrogens (tertiary/aromatic N) is 1. The maximum Gasteiger partial charge on any atom is 0.314 e. The first kappa shape index (κ1) is 19.4. The fourth-order valence-corrected chi connectivity index (χ4v) is 8.48. The van der Waals surface area contributed by atoms with Crippen LogP contribution in [0.1, 0.15) is 75.9 Å². The molecule has 1 N–H and O–H groups in total. The van der Waals surface area contributed by atoms with Gasteiger partial charge in [0.15, 0.2) is 0 Å². The normalized spacial score (nSPS) is 44.3. The molecule has 0 amide bonds. The average Bonchev–Trinajstić information content (AvgIpc) is 3.38. The van der Waals surface area contributed by atoms with Gasteiger partial charge in [0.2, 0.25) is 0 Å². The molecule has 0 unspecified atom stereocenters. The third-order valence-electron chi connectivity index (χ3n) is 9.56. The number of furan rings is 1. The molecule has 4 fully saturated rings. The van der Waals surface area contributed by atoms with E-state index in [0.29, 0.717) is 5.92 Å². The minimum Gasteiger partial charge on any atom is -0.464 e. The SMILES string of the molecule is CC1(C)CCC[C@]2(C)[C@H]3Cc4oc(CN5CCCC5)cc4[C@H]4C(=O)O[C@@H]([C@H](O)[C@@H]12)[C@@H]43. The van der Waals surface area contributed by atoms with Crippen LogP contribution < -0.4 is 0 Å². The molecular formula is C25H35NO4. The number of carbonyl (C=O) groups is 1. The number of esters is 1. The van der Waals surface area contributed by atoms with Crippen molar-refractivity contribution in [2.75, 3.05) is 13.1 Å². The Hall–Kier alpha value is -1.33. The summed E-state index contributed by atoms with van der Waals surface area (Å²) >= 11 is 0. The molecule has 5 nitrogen and oxygen atoms in total. The molecule has 6 rings (SSSR count). The van der Waals surface area contributed by atoms with Gasteiger partial charge in [0.05, 0.1) is 18.6 Å². The quantitative estimate of drug-likeness (QED) is 0.746. The van der Waals surface area contributed by atoms with Crippen LogP contribution in [-0.4, -0.2) is 41.3 Å². The van der Waals surface area contributed by atoms with E-state index in [1.807, 2.05) is 0 Å². The third kappa shape index (κ3) is 2.51. The third-order valence-corrected chi connectivity index (χ3v) is 9.56. The molecule has 1 aromatic rings. The summed E-state index contributed by atoms with van der Waals surface area (Å²) in [5, 5.41) is 11.5. The molecule has 3 heterocycles. The first-order chi connectivity index (χ1) is 14.3. The smallest absolute Gasteiger partial charge is 0.314 e. The molecule has 0 aromatic carbocycles. The van der Waals surface area contributed by atoms with Gasteiger partial charge in [-0.2, -0.15) is 0 Å². The van der Waals surface area contributed by atoms with Crippen LogP contribution in [0.4, 0.5) is 0 Å². The van der Waals surface area contributed by atoms with E-state index in [9.17, 15) is 9.90 Å². The first-order valence-electron chi connectivity index (χ1n) is 12.0. The van der Waals surface area contributed by atoms with Gasteiger partial charge in [0.25, 0.3) is 0 Å². The lowest BCUT2D eigenvalue weighted by molar-refractivity contribution is -0.203. The highest BCUT2D eigenvalue weighted by Gasteiger charge is 2.68. The Balaban J connectivity index is 1.41. The summed E-state index contributed by atoms with van der Waals surface area (Å²) in [5.41, 5.74) is 1.10. The molecule has 5 heteroatoms. The molecule has 2 saturated heterocycles. The summed E-state index contributed by atoms with van der Waals surface area (Å²) in [6.07, 6.45) is 5.88. The zero-order valence-electron chi connectivity index (χ0n) is 18.5. The number of fused-ring (bicyclic) bond motifs is 4. The number of likely N-dealkylation sites (tertiary alicyclic amines) is 1. The van der Waals surface area contributed by atoms with Crippen molar-refractivity contribution in [1.82, 2.24) is 4.90 Å². The van der Waals surface area contributed by atoms with E-state index in [0.717, 1.165) is 56.0 Å². The monoisotopic (exact) mass is 413 g/mol. The van der Waals surface area contributed by atoms with Crippen molar-refractivity contribution in [3.05, 3.63) is 23.2 Å². The van der Waals surface area contributed by atoms with Crippen LogP contribution in [-0.2, 0) is 22.5 Å². The minimum absolute atomic E-state index is 0.00809. The van der Waals surface area contributed by atoms with Crippen LogP contribution in [0.3, 0.4) is 0 Å². The van der Waals surface area contributed by atoms with Crippen LogP contribution in [0, 0.1) is 28.6 Å². The summed E-state index contributed by atoms with van der Waals surface area (Å²) in [6.45, 7) is 10.1. The Morgan fingerprint density at radius 3 is 2.70 bits per heavy atom. The van der Waals surface area contributed by atoms with Crippen LogP contribution in [0.2, 0.25) is 0 Å². The Kier molecular flexibility index (Phi) is 4.10. The molecule has 30 heavy (non-hydrogen) atoms. The van der Waals surface area contributed by atoms with Crippen molar-refractivity contribution in [1.29, 1.82) is 0 Å². The zero-order valence-corrected chi connectivity index (χ0v) is 18.5. The largest absolute Gasteiger partial charge is 0.464 e. The van der Waals surface area contributed by atoms with Gasteiger partial charge >= 0.3 is 5.97 Å². The maximum absolute atomic E-state index is 13.1. The van der Waals surface area contributed by atoms with E-state index in [-0.39, 0.29) is 40.7 Å². The number of hydrogen-bond acceptors (Lipinski definition) is 5. The predicted molar refractivity (Wildman–Crippen MR) is 112 cm³/mol. The first-order valence-corrected chi connectivity index (χ1v) is 12.0. The second-order valence-electron chi connectivity index (χ2n) is 11.7. The van der Waals surface area contributed by atoms with Crippen LogP contribution in [0.5, 0.6) is 0 Å². The molecule has 2 aliphatic heterocycles. The molecule has 0 radical (unpaired) electrons. The molecule has 0 spiro atoms. The highest BCUT2D eigenvalue weighted by atomic mass is 16.6. The maximum atomic E-state index is 13.1. The Labute approximate surface area is 179 Å². The van der Waals surface area contributed by atoms with E-state index >= 15 is 0 Å². The lowest BCUT2D eigenvalue weighted by atomic mass is 9.42. The molecule has 3 aliphatic carbocycles. The number of aliphatic hydroxyl groups is 1.